The maximum absolute atomic E-state index is 12.2. The number of carbonyl (C=O) groups excluding carboxylic acids is 2. The van der Waals surface area contributed by atoms with Crippen molar-refractivity contribution in [3.63, 3.8) is 0 Å². The van der Waals surface area contributed by atoms with E-state index in [1.54, 1.807) is 24.3 Å². The quantitative estimate of drug-likeness (QED) is 0.459. The first-order valence-electron chi connectivity index (χ1n) is 9.74. The van der Waals surface area contributed by atoms with Crippen molar-refractivity contribution in [2.75, 3.05) is 11.9 Å². The highest BCUT2D eigenvalue weighted by Crippen LogP contribution is 2.15. The number of fused-ring (bicyclic) bond motifs is 1. The third kappa shape index (κ3) is 5.24. The number of nitrogens with zero attached hydrogens (tertiary/aromatic N) is 3. The highest BCUT2D eigenvalue weighted by atomic mass is 16.5. The molecule has 2 aromatic heterocycles. The molecule has 31 heavy (non-hydrogen) atoms. The Morgan fingerprint density at radius 1 is 0.935 bits per heavy atom. The van der Waals surface area contributed by atoms with Crippen molar-refractivity contribution in [3.05, 3.63) is 89.9 Å². The molecule has 0 saturated carbocycles. The summed E-state index contributed by atoms with van der Waals surface area (Å²) in [5.74, 6) is 0.730. The van der Waals surface area contributed by atoms with E-state index in [0.29, 0.717) is 17.9 Å². The Morgan fingerprint density at radius 2 is 1.68 bits per heavy atom. The van der Waals surface area contributed by atoms with Gasteiger partial charge < -0.3 is 15.8 Å². The fourth-order valence-corrected chi connectivity index (χ4v) is 3.15. The smallest absolute Gasteiger partial charge is 0.262 e. The number of benzene rings is 2. The minimum Gasteiger partial charge on any atom is -0.484 e. The van der Waals surface area contributed by atoms with E-state index in [1.165, 1.54) is 0 Å². The molecule has 8 nitrogen and oxygen atoms in total. The SMILES string of the molecule is NC(=O)Cc1ccc(OCC(=O)Nc2ccc(Cc3nnc4ccccn34)cc2)cc1. The lowest BCUT2D eigenvalue weighted by molar-refractivity contribution is -0.118. The van der Waals surface area contributed by atoms with Gasteiger partial charge in [-0.25, -0.2) is 0 Å². The second-order valence-corrected chi connectivity index (χ2v) is 7.04. The topological polar surface area (TPSA) is 112 Å². The van der Waals surface area contributed by atoms with E-state index in [2.05, 4.69) is 15.5 Å². The van der Waals surface area contributed by atoms with Crippen LogP contribution in [0.3, 0.4) is 0 Å². The minimum atomic E-state index is -0.395. The number of rotatable bonds is 8. The Kier molecular flexibility index (Phi) is 5.89. The molecule has 0 aliphatic heterocycles. The monoisotopic (exact) mass is 415 g/mol. The number of primary amides is 1. The molecule has 0 bridgehead atoms. The van der Waals surface area contributed by atoms with Crippen molar-refractivity contribution in [2.24, 2.45) is 5.73 Å². The van der Waals surface area contributed by atoms with Crippen LogP contribution >= 0.6 is 0 Å². The van der Waals surface area contributed by atoms with Crippen LogP contribution in [0.4, 0.5) is 5.69 Å². The molecule has 4 rings (SSSR count). The van der Waals surface area contributed by atoms with Gasteiger partial charge in [-0.1, -0.05) is 30.3 Å². The van der Waals surface area contributed by atoms with Gasteiger partial charge in [-0.15, -0.1) is 10.2 Å². The Bertz CT molecular complexity index is 1200. The Balaban J connectivity index is 1.29. The summed E-state index contributed by atoms with van der Waals surface area (Å²) in [6.07, 6.45) is 2.74. The molecule has 0 aliphatic rings. The number of hydrogen-bond acceptors (Lipinski definition) is 5. The molecule has 0 aliphatic carbocycles. The van der Waals surface area contributed by atoms with Crippen LogP contribution in [-0.4, -0.2) is 33.0 Å². The first-order valence-corrected chi connectivity index (χ1v) is 9.74. The standard InChI is InChI=1S/C23H21N5O3/c24-20(29)13-16-6-10-19(11-7-16)31-15-23(30)25-18-8-4-17(5-9-18)14-22-27-26-21-3-1-2-12-28(21)22/h1-12H,13-15H2,(H2,24,29)(H,25,30). The molecular weight excluding hydrogens is 394 g/mol. The number of amides is 2. The summed E-state index contributed by atoms with van der Waals surface area (Å²) in [5.41, 5.74) is 8.51. The maximum Gasteiger partial charge on any atom is 0.262 e. The summed E-state index contributed by atoms with van der Waals surface area (Å²) in [6.45, 7) is -0.122. The summed E-state index contributed by atoms with van der Waals surface area (Å²) >= 11 is 0. The highest BCUT2D eigenvalue weighted by Gasteiger charge is 2.08. The maximum atomic E-state index is 12.2. The normalized spacial score (nSPS) is 10.7. The van der Waals surface area contributed by atoms with Crippen molar-refractivity contribution in [1.82, 2.24) is 14.6 Å². The van der Waals surface area contributed by atoms with Gasteiger partial charge in [0.25, 0.3) is 5.91 Å². The molecule has 0 fully saturated rings. The van der Waals surface area contributed by atoms with Gasteiger partial charge in [0.15, 0.2) is 12.3 Å². The summed E-state index contributed by atoms with van der Waals surface area (Å²) in [5, 5.41) is 11.2. The molecule has 0 unspecified atom stereocenters. The number of anilines is 1. The molecule has 0 spiro atoms. The highest BCUT2D eigenvalue weighted by molar-refractivity contribution is 5.91. The molecule has 4 aromatic rings. The molecule has 0 saturated heterocycles. The fourth-order valence-electron chi connectivity index (χ4n) is 3.15. The van der Waals surface area contributed by atoms with Crippen LogP contribution in [0.2, 0.25) is 0 Å². The zero-order valence-corrected chi connectivity index (χ0v) is 16.7. The zero-order chi connectivity index (χ0) is 21.6. The molecule has 2 amide bonds. The third-order valence-corrected chi connectivity index (χ3v) is 4.66. The number of aromatic nitrogens is 3. The Hall–Kier alpha value is -4.20. The average molecular weight is 415 g/mol. The number of ether oxygens (including phenoxy) is 1. The first-order chi connectivity index (χ1) is 15.1. The van der Waals surface area contributed by atoms with E-state index in [0.717, 1.165) is 22.6 Å². The number of nitrogens with one attached hydrogen (secondary N) is 1. The number of hydrogen-bond donors (Lipinski definition) is 2. The van der Waals surface area contributed by atoms with Crippen LogP contribution in [0.25, 0.3) is 5.65 Å². The molecule has 3 N–H and O–H groups in total. The fraction of sp³-hybridized carbons (Fsp3) is 0.130. The number of pyridine rings is 1. The number of carbonyl (C=O) groups is 2. The molecule has 0 atom stereocenters. The second-order valence-electron chi connectivity index (χ2n) is 7.04. The van der Waals surface area contributed by atoms with Crippen LogP contribution in [0, 0.1) is 0 Å². The van der Waals surface area contributed by atoms with Crippen LogP contribution < -0.4 is 15.8 Å². The van der Waals surface area contributed by atoms with E-state index >= 15 is 0 Å². The van der Waals surface area contributed by atoms with Crippen LogP contribution in [-0.2, 0) is 22.4 Å². The van der Waals surface area contributed by atoms with E-state index in [-0.39, 0.29) is 18.9 Å². The molecule has 8 heteroatoms. The van der Waals surface area contributed by atoms with Gasteiger partial charge in [-0.2, -0.15) is 0 Å². The third-order valence-electron chi connectivity index (χ3n) is 4.66. The van der Waals surface area contributed by atoms with Crippen molar-refractivity contribution in [1.29, 1.82) is 0 Å². The molecular formula is C23H21N5O3. The van der Waals surface area contributed by atoms with Gasteiger partial charge in [0.2, 0.25) is 5.91 Å². The largest absolute Gasteiger partial charge is 0.484 e. The summed E-state index contributed by atoms with van der Waals surface area (Å²) in [4.78, 5) is 23.1. The van der Waals surface area contributed by atoms with Gasteiger partial charge in [-0.3, -0.25) is 14.0 Å². The van der Waals surface area contributed by atoms with Gasteiger partial charge in [0, 0.05) is 18.3 Å². The van der Waals surface area contributed by atoms with Gasteiger partial charge in [0.05, 0.1) is 6.42 Å². The lowest BCUT2D eigenvalue weighted by atomic mass is 10.1. The van der Waals surface area contributed by atoms with Gasteiger partial charge in [-0.05, 0) is 47.5 Å². The molecule has 156 valence electrons. The van der Waals surface area contributed by atoms with E-state index in [1.807, 2.05) is 53.1 Å². The predicted octanol–water partition coefficient (Wildman–Crippen LogP) is 2.37. The van der Waals surface area contributed by atoms with E-state index < -0.39 is 5.91 Å². The van der Waals surface area contributed by atoms with Crippen LogP contribution in [0.1, 0.15) is 17.0 Å². The second kappa shape index (κ2) is 9.08. The van der Waals surface area contributed by atoms with Gasteiger partial charge in [0.1, 0.15) is 11.6 Å². The van der Waals surface area contributed by atoms with Crippen molar-refractivity contribution >= 4 is 23.1 Å². The Labute approximate surface area is 178 Å². The average Bonchev–Trinajstić information content (AvgIpc) is 3.17. The lowest BCUT2D eigenvalue weighted by Crippen LogP contribution is -2.20. The van der Waals surface area contributed by atoms with Crippen LogP contribution in [0.15, 0.2) is 72.9 Å². The zero-order valence-electron chi connectivity index (χ0n) is 16.7. The summed E-state index contributed by atoms with van der Waals surface area (Å²) in [7, 11) is 0. The summed E-state index contributed by atoms with van der Waals surface area (Å²) in [6, 6.07) is 20.2. The Morgan fingerprint density at radius 3 is 2.42 bits per heavy atom. The molecule has 0 radical (unpaired) electrons. The minimum absolute atomic E-state index is 0.122. The van der Waals surface area contributed by atoms with Crippen molar-refractivity contribution in [2.45, 2.75) is 12.8 Å². The van der Waals surface area contributed by atoms with Crippen molar-refractivity contribution < 1.29 is 14.3 Å². The first kappa shape index (κ1) is 20.1. The van der Waals surface area contributed by atoms with E-state index in [4.69, 9.17) is 10.5 Å². The number of nitrogens with two attached hydrogens (primary N) is 1. The van der Waals surface area contributed by atoms with E-state index in [9.17, 15) is 9.59 Å². The van der Waals surface area contributed by atoms with Gasteiger partial charge >= 0.3 is 0 Å². The predicted molar refractivity (Wildman–Crippen MR) is 116 cm³/mol. The van der Waals surface area contributed by atoms with Crippen LogP contribution in [0.5, 0.6) is 5.75 Å². The summed E-state index contributed by atoms with van der Waals surface area (Å²) < 4.78 is 7.44. The molecule has 2 aromatic carbocycles. The van der Waals surface area contributed by atoms with Crippen molar-refractivity contribution in [3.8, 4) is 5.75 Å². The lowest BCUT2D eigenvalue weighted by Gasteiger charge is -2.09. The molecule has 2 heterocycles.